The summed E-state index contributed by atoms with van der Waals surface area (Å²) in [7, 11) is 0. The van der Waals surface area contributed by atoms with Crippen LogP contribution in [-0.2, 0) is 11.5 Å². The lowest BCUT2D eigenvalue weighted by Gasteiger charge is -2.02. The fraction of sp³-hybridized carbons (Fsp3) is 0.417. The first-order chi connectivity index (χ1) is 10.1. The highest BCUT2D eigenvalue weighted by atomic mass is 32.2. The van der Waals surface area contributed by atoms with E-state index in [-0.39, 0.29) is 0 Å². The molecule has 0 aromatic carbocycles. The van der Waals surface area contributed by atoms with E-state index in [1.165, 1.54) is 27.8 Å². The van der Waals surface area contributed by atoms with Gasteiger partial charge in [0.1, 0.15) is 4.88 Å². The third-order valence-corrected chi connectivity index (χ3v) is 5.94. The Bertz CT molecular complexity index is 611. The quantitative estimate of drug-likeness (QED) is 0.432. The molecule has 0 saturated heterocycles. The van der Waals surface area contributed by atoms with Crippen molar-refractivity contribution in [3.05, 3.63) is 27.7 Å². The highest BCUT2D eigenvalue weighted by molar-refractivity contribution is 7.98. The number of carbonyl (C=O) groups is 1. The third-order valence-electron chi connectivity index (χ3n) is 2.53. The second-order valence-electron chi connectivity index (χ2n) is 4.18. The number of nitrogens with zero attached hydrogens (tertiary/aromatic N) is 3. The van der Waals surface area contributed by atoms with E-state index >= 15 is 0 Å². The van der Waals surface area contributed by atoms with Crippen LogP contribution in [0.3, 0.4) is 0 Å². The Labute approximate surface area is 135 Å². The van der Waals surface area contributed by atoms with Crippen LogP contribution in [0.5, 0.6) is 0 Å². The number of nitrogen functional groups attached to an aromatic ring is 1. The summed E-state index contributed by atoms with van der Waals surface area (Å²) >= 11 is 4.50. The van der Waals surface area contributed by atoms with Gasteiger partial charge in [-0.25, -0.2) is 9.47 Å². The summed E-state index contributed by atoms with van der Waals surface area (Å²) in [5, 5.41) is 17.7. The second-order valence-corrected chi connectivity index (χ2v) is 7.40. The van der Waals surface area contributed by atoms with Crippen molar-refractivity contribution in [2.24, 2.45) is 0 Å². The molecule has 6 nitrogen and oxygen atoms in total. The molecule has 0 atom stereocenters. The molecule has 2 heterocycles. The summed E-state index contributed by atoms with van der Waals surface area (Å²) < 4.78 is 1.51. The highest BCUT2D eigenvalue weighted by Crippen LogP contribution is 2.26. The zero-order valence-corrected chi connectivity index (χ0v) is 13.9. The Morgan fingerprint density at radius 3 is 2.90 bits per heavy atom. The van der Waals surface area contributed by atoms with E-state index in [9.17, 15) is 4.79 Å². The van der Waals surface area contributed by atoms with Gasteiger partial charge in [0.25, 0.3) is 0 Å². The summed E-state index contributed by atoms with van der Waals surface area (Å²) in [6, 6.07) is 3.43. The first kappa shape index (κ1) is 16.2. The van der Waals surface area contributed by atoms with Crippen LogP contribution in [0.15, 0.2) is 17.3 Å². The van der Waals surface area contributed by atoms with Crippen LogP contribution in [-0.4, -0.2) is 31.7 Å². The predicted molar refractivity (Wildman–Crippen MR) is 87.5 cm³/mol. The second kappa shape index (κ2) is 7.71. The number of thioether (sulfide) groups is 2. The minimum Gasteiger partial charge on any atom is -0.477 e. The first-order valence-corrected chi connectivity index (χ1v) is 9.29. The maximum atomic E-state index is 10.8. The summed E-state index contributed by atoms with van der Waals surface area (Å²) in [5.74, 6) is 8.29. The van der Waals surface area contributed by atoms with Gasteiger partial charge >= 0.3 is 5.97 Å². The molecular formula is C12H16N4O2S3. The molecule has 0 spiro atoms. The topological polar surface area (TPSA) is 94.0 Å². The largest absolute Gasteiger partial charge is 0.477 e. The van der Waals surface area contributed by atoms with Crippen LogP contribution in [0, 0.1) is 0 Å². The van der Waals surface area contributed by atoms with Crippen LogP contribution in [0.4, 0.5) is 0 Å². The van der Waals surface area contributed by atoms with Crippen LogP contribution in [0.2, 0.25) is 0 Å². The summed E-state index contributed by atoms with van der Waals surface area (Å²) in [4.78, 5) is 12.1. The van der Waals surface area contributed by atoms with Crippen LogP contribution >= 0.6 is 34.9 Å². The number of nitrogens with two attached hydrogens (primary N) is 1. The molecule has 0 bridgehead atoms. The lowest BCUT2D eigenvalue weighted by molar-refractivity contribution is 0.0702. The van der Waals surface area contributed by atoms with Gasteiger partial charge in [0.2, 0.25) is 5.16 Å². The monoisotopic (exact) mass is 344 g/mol. The lowest BCUT2D eigenvalue weighted by atomic mass is 10.4. The molecule has 2 aromatic heterocycles. The minimum absolute atomic E-state index is 0.344. The van der Waals surface area contributed by atoms with Gasteiger partial charge in [-0.3, -0.25) is 0 Å². The van der Waals surface area contributed by atoms with E-state index < -0.39 is 5.97 Å². The van der Waals surface area contributed by atoms with Gasteiger partial charge in [0.05, 0.1) is 5.75 Å². The third kappa shape index (κ3) is 4.39. The molecule has 2 aromatic rings. The SMILES string of the molecule is CCCSCc1nnc(SCc2ccc(C(=O)O)s2)n1N. The van der Waals surface area contributed by atoms with Gasteiger partial charge < -0.3 is 10.9 Å². The fourth-order valence-electron chi connectivity index (χ4n) is 1.52. The number of hydrogen-bond acceptors (Lipinski definition) is 7. The molecule has 0 unspecified atom stereocenters. The van der Waals surface area contributed by atoms with Crippen LogP contribution in [0.25, 0.3) is 0 Å². The number of carboxylic acids is 1. The average molecular weight is 344 g/mol. The van der Waals surface area contributed by atoms with Gasteiger partial charge in [-0.15, -0.1) is 21.5 Å². The maximum Gasteiger partial charge on any atom is 0.345 e. The molecule has 3 N–H and O–H groups in total. The molecule has 0 aliphatic rings. The average Bonchev–Trinajstić information content (AvgIpc) is 3.05. The van der Waals surface area contributed by atoms with Gasteiger partial charge in [0, 0.05) is 10.6 Å². The molecule has 0 amide bonds. The van der Waals surface area contributed by atoms with E-state index in [1.54, 1.807) is 17.8 Å². The van der Waals surface area contributed by atoms with Crippen molar-refractivity contribution in [3.63, 3.8) is 0 Å². The lowest BCUT2D eigenvalue weighted by Crippen LogP contribution is -2.13. The smallest absolute Gasteiger partial charge is 0.345 e. The zero-order chi connectivity index (χ0) is 15.2. The number of aromatic carboxylic acids is 1. The Hall–Kier alpha value is -1.19. The zero-order valence-electron chi connectivity index (χ0n) is 11.5. The van der Waals surface area contributed by atoms with Gasteiger partial charge in [-0.05, 0) is 24.3 Å². The molecule has 2 rings (SSSR count). The molecule has 0 fully saturated rings. The van der Waals surface area contributed by atoms with Gasteiger partial charge in [-0.1, -0.05) is 18.7 Å². The Kier molecular flexibility index (Phi) is 5.95. The van der Waals surface area contributed by atoms with Crippen molar-refractivity contribution >= 4 is 40.8 Å². The highest BCUT2D eigenvalue weighted by Gasteiger charge is 2.12. The van der Waals surface area contributed by atoms with Crippen molar-refractivity contribution in [1.82, 2.24) is 14.9 Å². The Morgan fingerprint density at radius 2 is 2.24 bits per heavy atom. The van der Waals surface area contributed by atoms with Crippen molar-refractivity contribution in [2.45, 2.75) is 30.0 Å². The molecule has 0 aliphatic carbocycles. The Morgan fingerprint density at radius 1 is 1.43 bits per heavy atom. The van der Waals surface area contributed by atoms with Crippen LogP contribution in [0.1, 0.15) is 33.7 Å². The normalized spacial score (nSPS) is 10.9. The van der Waals surface area contributed by atoms with E-state index in [1.807, 2.05) is 6.07 Å². The van der Waals surface area contributed by atoms with E-state index in [2.05, 4.69) is 17.1 Å². The minimum atomic E-state index is -0.895. The van der Waals surface area contributed by atoms with Gasteiger partial charge in [-0.2, -0.15) is 11.8 Å². The Balaban J connectivity index is 1.92. The van der Waals surface area contributed by atoms with Crippen molar-refractivity contribution in [2.75, 3.05) is 11.6 Å². The first-order valence-electron chi connectivity index (χ1n) is 6.33. The standard InChI is InChI=1S/C12H16N4O2S3/c1-2-5-19-7-10-14-15-12(16(10)13)20-6-8-3-4-9(21-8)11(17)18/h3-4H,2,5-7,13H2,1H3,(H,17,18). The molecular weight excluding hydrogens is 328 g/mol. The van der Waals surface area contributed by atoms with E-state index in [4.69, 9.17) is 10.9 Å². The molecule has 21 heavy (non-hydrogen) atoms. The number of thiophene rings is 1. The van der Waals surface area contributed by atoms with Crippen LogP contribution < -0.4 is 5.84 Å². The number of rotatable bonds is 8. The molecule has 0 radical (unpaired) electrons. The molecule has 0 aliphatic heterocycles. The van der Waals surface area contributed by atoms with E-state index in [0.29, 0.717) is 15.8 Å². The number of hydrogen-bond donors (Lipinski definition) is 2. The maximum absolute atomic E-state index is 10.8. The van der Waals surface area contributed by atoms with Gasteiger partial charge in [0.15, 0.2) is 5.82 Å². The summed E-state index contributed by atoms with van der Waals surface area (Å²) in [6.45, 7) is 2.13. The number of carboxylic acid groups (broad SMARTS) is 1. The van der Waals surface area contributed by atoms with Crippen molar-refractivity contribution < 1.29 is 9.90 Å². The molecule has 0 saturated carbocycles. The molecule has 114 valence electrons. The summed E-state index contributed by atoms with van der Waals surface area (Å²) in [6.07, 6.45) is 1.12. The van der Waals surface area contributed by atoms with E-state index in [0.717, 1.165) is 28.6 Å². The van der Waals surface area contributed by atoms with Crippen molar-refractivity contribution in [1.29, 1.82) is 0 Å². The van der Waals surface area contributed by atoms with Crippen molar-refractivity contribution in [3.8, 4) is 0 Å². The number of aromatic nitrogens is 3. The predicted octanol–water partition coefficient (Wildman–Crippen LogP) is 2.69. The molecule has 9 heteroatoms. The fourth-order valence-corrected chi connectivity index (χ4v) is 4.10. The summed E-state index contributed by atoms with van der Waals surface area (Å²) in [5.41, 5.74) is 0.